The van der Waals surface area contributed by atoms with Crippen molar-refractivity contribution >= 4 is 17.7 Å². The molecule has 134 valence electrons. The molecule has 0 amide bonds. The van der Waals surface area contributed by atoms with Crippen molar-refractivity contribution in [2.24, 2.45) is 4.99 Å². The monoisotopic (exact) mass is 341 g/mol. The zero-order valence-electron chi connectivity index (χ0n) is 15.4. The first-order valence-electron chi connectivity index (χ1n) is 9.11. The molecule has 2 heterocycles. The molecule has 23 heavy (non-hydrogen) atoms. The summed E-state index contributed by atoms with van der Waals surface area (Å²) in [6, 6.07) is 0.545. The van der Waals surface area contributed by atoms with Gasteiger partial charge in [-0.1, -0.05) is 0 Å². The lowest BCUT2D eigenvalue weighted by Gasteiger charge is -2.36. The fraction of sp³-hybridized carbons (Fsp3) is 0.941. The molecule has 6 heteroatoms. The van der Waals surface area contributed by atoms with Crippen molar-refractivity contribution in [3.63, 3.8) is 0 Å². The fourth-order valence-corrected chi connectivity index (χ4v) is 4.41. The molecule has 0 aromatic carbocycles. The number of thioether (sulfide) groups is 1. The number of nitrogens with one attached hydrogen (secondary N) is 2. The van der Waals surface area contributed by atoms with E-state index < -0.39 is 0 Å². The van der Waals surface area contributed by atoms with Crippen LogP contribution in [-0.2, 0) is 0 Å². The third-order valence-corrected chi connectivity index (χ3v) is 6.47. The minimum Gasteiger partial charge on any atom is -0.357 e. The first kappa shape index (κ1) is 18.9. The lowest BCUT2D eigenvalue weighted by molar-refractivity contribution is 0.120. The second-order valence-electron chi connectivity index (χ2n) is 7.17. The molecule has 2 rings (SSSR count). The number of guanidine groups is 1. The van der Waals surface area contributed by atoms with Gasteiger partial charge in [0.1, 0.15) is 0 Å². The third-order valence-electron chi connectivity index (χ3n) is 4.94. The lowest BCUT2D eigenvalue weighted by atomic mass is 10.1. The van der Waals surface area contributed by atoms with Gasteiger partial charge in [0.05, 0.1) is 6.54 Å². The first-order valence-corrected chi connectivity index (χ1v) is 10.1. The number of hydrogen-bond acceptors (Lipinski definition) is 4. The molecule has 0 aromatic heterocycles. The fourth-order valence-electron chi connectivity index (χ4n) is 3.19. The third kappa shape index (κ3) is 6.16. The molecule has 2 saturated heterocycles. The lowest BCUT2D eigenvalue weighted by Crippen LogP contribution is -2.52. The molecule has 0 radical (unpaired) electrons. The number of aliphatic imine (C=N–C) groups is 1. The van der Waals surface area contributed by atoms with E-state index in [0.29, 0.717) is 10.8 Å². The molecule has 0 saturated carbocycles. The largest absolute Gasteiger partial charge is 0.357 e. The van der Waals surface area contributed by atoms with Gasteiger partial charge in [0.25, 0.3) is 0 Å². The number of piperazine rings is 1. The Labute approximate surface area is 146 Å². The van der Waals surface area contributed by atoms with E-state index >= 15 is 0 Å². The molecular weight excluding hydrogens is 306 g/mol. The minimum absolute atomic E-state index is 0.339. The molecule has 2 aliphatic rings. The van der Waals surface area contributed by atoms with Crippen molar-refractivity contribution in [3.8, 4) is 0 Å². The summed E-state index contributed by atoms with van der Waals surface area (Å²) < 4.78 is 0.339. The van der Waals surface area contributed by atoms with Crippen molar-refractivity contribution in [1.29, 1.82) is 0 Å². The highest BCUT2D eigenvalue weighted by atomic mass is 32.2. The maximum absolute atomic E-state index is 4.84. The predicted molar refractivity (Wildman–Crippen MR) is 103 cm³/mol. The molecule has 0 bridgehead atoms. The highest BCUT2D eigenvalue weighted by Crippen LogP contribution is 2.37. The molecule has 5 nitrogen and oxygen atoms in total. The summed E-state index contributed by atoms with van der Waals surface area (Å²) in [5, 5.41) is 6.94. The average Bonchev–Trinajstić information content (AvgIpc) is 2.97. The van der Waals surface area contributed by atoms with Crippen LogP contribution in [0.3, 0.4) is 0 Å². The summed E-state index contributed by atoms with van der Waals surface area (Å²) in [5.74, 6) is 2.26. The molecule has 2 fully saturated rings. The van der Waals surface area contributed by atoms with Gasteiger partial charge in [-0.05, 0) is 46.4 Å². The van der Waals surface area contributed by atoms with E-state index in [4.69, 9.17) is 4.99 Å². The Morgan fingerprint density at radius 3 is 2.61 bits per heavy atom. The number of nitrogens with zero attached hydrogens (tertiary/aromatic N) is 3. The number of likely N-dealkylation sites (N-methyl/N-ethyl adjacent to an activating group) is 1. The zero-order valence-corrected chi connectivity index (χ0v) is 16.2. The van der Waals surface area contributed by atoms with Crippen molar-refractivity contribution in [2.45, 2.75) is 44.4 Å². The smallest absolute Gasteiger partial charge is 0.191 e. The van der Waals surface area contributed by atoms with Crippen LogP contribution in [0.2, 0.25) is 0 Å². The van der Waals surface area contributed by atoms with Crippen LogP contribution in [-0.4, -0.2) is 85.2 Å². The maximum Gasteiger partial charge on any atom is 0.191 e. The Balaban J connectivity index is 1.79. The topological polar surface area (TPSA) is 42.9 Å². The van der Waals surface area contributed by atoms with Gasteiger partial charge in [0.2, 0.25) is 0 Å². The van der Waals surface area contributed by atoms with Crippen LogP contribution in [0.4, 0.5) is 0 Å². The molecule has 0 spiro atoms. The standard InChI is InChI=1S/C17H35N5S/c1-5-18-16(20-14-17(3)7-6-12-23-17)19-13-15(2)22-10-8-21(4)9-11-22/h15H,5-14H2,1-4H3,(H2,18,19,20). The van der Waals surface area contributed by atoms with Gasteiger partial charge in [-0.2, -0.15) is 11.8 Å². The summed E-state index contributed by atoms with van der Waals surface area (Å²) in [6.45, 7) is 14.3. The summed E-state index contributed by atoms with van der Waals surface area (Å²) in [4.78, 5) is 9.82. The van der Waals surface area contributed by atoms with E-state index in [0.717, 1.165) is 25.6 Å². The normalized spacial score (nSPS) is 28.8. The summed E-state index contributed by atoms with van der Waals surface area (Å²) in [7, 11) is 2.21. The van der Waals surface area contributed by atoms with Gasteiger partial charge < -0.3 is 15.5 Å². The first-order chi connectivity index (χ1) is 11.0. The Morgan fingerprint density at radius 2 is 2.00 bits per heavy atom. The van der Waals surface area contributed by atoms with Crippen molar-refractivity contribution < 1.29 is 0 Å². The Morgan fingerprint density at radius 1 is 1.26 bits per heavy atom. The maximum atomic E-state index is 4.84. The summed E-state index contributed by atoms with van der Waals surface area (Å²) in [6.07, 6.45) is 2.62. The van der Waals surface area contributed by atoms with Gasteiger partial charge in [-0.3, -0.25) is 9.89 Å². The number of hydrogen-bond donors (Lipinski definition) is 2. The van der Waals surface area contributed by atoms with Crippen LogP contribution in [0, 0.1) is 0 Å². The highest BCUT2D eigenvalue weighted by molar-refractivity contribution is 8.00. The van der Waals surface area contributed by atoms with E-state index in [-0.39, 0.29) is 0 Å². The molecule has 2 unspecified atom stereocenters. The van der Waals surface area contributed by atoms with Gasteiger partial charge in [-0.15, -0.1) is 0 Å². The molecule has 0 aliphatic carbocycles. The SMILES string of the molecule is CCNC(=NCC1(C)CCCS1)NCC(C)N1CCN(C)CC1. The minimum atomic E-state index is 0.339. The second kappa shape index (κ2) is 9.14. The van der Waals surface area contributed by atoms with E-state index in [9.17, 15) is 0 Å². The van der Waals surface area contributed by atoms with Gasteiger partial charge in [0.15, 0.2) is 5.96 Å². The molecule has 2 N–H and O–H groups in total. The van der Waals surface area contributed by atoms with Crippen LogP contribution >= 0.6 is 11.8 Å². The van der Waals surface area contributed by atoms with E-state index in [1.807, 2.05) is 0 Å². The van der Waals surface area contributed by atoms with E-state index in [1.165, 1.54) is 44.8 Å². The van der Waals surface area contributed by atoms with Crippen LogP contribution < -0.4 is 10.6 Å². The molecule has 2 aliphatic heterocycles. The van der Waals surface area contributed by atoms with E-state index in [2.05, 4.69) is 60.0 Å². The Bertz CT molecular complexity index is 373. The summed E-state index contributed by atoms with van der Waals surface area (Å²) >= 11 is 2.08. The van der Waals surface area contributed by atoms with Gasteiger partial charge >= 0.3 is 0 Å². The van der Waals surface area contributed by atoms with Crippen LogP contribution in [0.25, 0.3) is 0 Å². The second-order valence-corrected chi connectivity index (χ2v) is 8.85. The predicted octanol–water partition coefficient (Wildman–Crippen LogP) is 1.46. The Kier molecular flexibility index (Phi) is 7.50. The summed E-state index contributed by atoms with van der Waals surface area (Å²) in [5.41, 5.74) is 0. The van der Waals surface area contributed by atoms with Crippen molar-refractivity contribution in [3.05, 3.63) is 0 Å². The van der Waals surface area contributed by atoms with Gasteiger partial charge in [0, 0.05) is 50.1 Å². The number of rotatable bonds is 6. The highest BCUT2D eigenvalue weighted by Gasteiger charge is 2.29. The average molecular weight is 342 g/mol. The van der Waals surface area contributed by atoms with Gasteiger partial charge in [-0.25, -0.2) is 0 Å². The molecule has 0 aromatic rings. The van der Waals surface area contributed by atoms with Crippen LogP contribution in [0.1, 0.15) is 33.6 Å². The van der Waals surface area contributed by atoms with Crippen molar-refractivity contribution in [2.75, 3.05) is 58.6 Å². The zero-order chi connectivity index (χ0) is 16.7. The molecular formula is C17H35N5S. The van der Waals surface area contributed by atoms with E-state index in [1.54, 1.807) is 0 Å². The molecule has 2 atom stereocenters. The van der Waals surface area contributed by atoms with Crippen molar-refractivity contribution in [1.82, 2.24) is 20.4 Å². The van der Waals surface area contributed by atoms with Crippen LogP contribution in [0.5, 0.6) is 0 Å². The quantitative estimate of drug-likeness (QED) is 0.566. The Hall–Kier alpha value is -0.460. The van der Waals surface area contributed by atoms with Crippen LogP contribution in [0.15, 0.2) is 4.99 Å².